The van der Waals surface area contributed by atoms with E-state index in [2.05, 4.69) is 4.74 Å². The summed E-state index contributed by atoms with van der Waals surface area (Å²) in [5.41, 5.74) is 0. The van der Waals surface area contributed by atoms with Gasteiger partial charge in [-0.05, 0) is 19.3 Å². The number of amides is 1. The van der Waals surface area contributed by atoms with E-state index in [4.69, 9.17) is 0 Å². The summed E-state index contributed by atoms with van der Waals surface area (Å²) in [5, 5.41) is 0. The van der Waals surface area contributed by atoms with E-state index in [-0.39, 0.29) is 11.9 Å². The monoisotopic (exact) mass is 241 g/mol. The highest BCUT2D eigenvalue weighted by Crippen LogP contribution is 2.24. The summed E-state index contributed by atoms with van der Waals surface area (Å²) in [4.78, 5) is 25.1. The molecule has 0 aromatic carbocycles. The highest BCUT2D eigenvalue weighted by molar-refractivity contribution is 5.77. The number of nitrogens with zero attached hydrogens (tertiary/aromatic N) is 1. The van der Waals surface area contributed by atoms with Gasteiger partial charge in [-0.25, -0.2) is 0 Å². The Kier molecular flexibility index (Phi) is 6.01. The SMILES string of the molecule is CCCC(=O)N(CCC(=O)OC)C1CCCC1. The maximum atomic E-state index is 12.0. The van der Waals surface area contributed by atoms with Crippen LogP contribution >= 0.6 is 0 Å². The lowest BCUT2D eigenvalue weighted by Crippen LogP contribution is -2.40. The molecule has 0 atom stereocenters. The molecule has 4 nitrogen and oxygen atoms in total. The molecular formula is C13H23NO3. The van der Waals surface area contributed by atoms with Gasteiger partial charge < -0.3 is 9.64 Å². The third-order valence-corrected chi connectivity index (χ3v) is 3.33. The van der Waals surface area contributed by atoms with Crippen molar-refractivity contribution in [2.75, 3.05) is 13.7 Å². The lowest BCUT2D eigenvalue weighted by molar-refractivity contribution is -0.142. The van der Waals surface area contributed by atoms with Gasteiger partial charge in [0.15, 0.2) is 0 Å². The van der Waals surface area contributed by atoms with E-state index in [1.54, 1.807) is 0 Å². The van der Waals surface area contributed by atoms with Crippen LogP contribution < -0.4 is 0 Å². The lowest BCUT2D eigenvalue weighted by Gasteiger charge is -2.28. The zero-order chi connectivity index (χ0) is 12.7. The molecule has 4 heteroatoms. The summed E-state index contributed by atoms with van der Waals surface area (Å²) in [6.07, 6.45) is 6.30. The van der Waals surface area contributed by atoms with E-state index < -0.39 is 0 Å². The minimum absolute atomic E-state index is 0.184. The summed E-state index contributed by atoms with van der Waals surface area (Å²) in [6, 6.07) is 0.346. The summed E-state index contributed by atoms with van der Waals surface area (Å²) in [7, 11) is 1.39. The van der Waals surface area contributed by atoms with E-state index in [0.29, 0.717) is 25.4 Å². The first-order valence-electron chi connectivity index (χ1n) is 6.55. The van der Waals surface area contributed by atoms with E-state index in [0.717, 1.165) is 19.3 Å². The second-order valence-corrected chi connectivity index (χ2v) is 4.60. The summed E-state index contributed by atoms with van der Waals surface area (Å²) in [6.45, 7) is 2.52. The van der Waals surface area contributed by atoms with Gasteiger partial charge in [-0.3, -0.25) is 9.59 Å². The van der Waals surface area contributed by atoms with Crippen molar-refractivity contribution in [2.24, 2.45) is 0 Å². The molecular weight excluding hydrogens is 218 g/mol. The highest BCUT2D eigenvalue weighted by Gasteiger charge is 2.26. The van der Waals surface area contributed by atoms with Crippen LogP contribution in [0.25, 0.3) is 0 Å². The van der Waals surface area contributed by atoms with Crippen molar-refractivity contribution in [1.82, 2.24) is 4.90 Å². The number of carbonyl (C=O) groups is 2. The normalized spacial score (nSPS) is 15.9. The molecule has 1 rings (SSSR count). The number of rotatable bonds is 6. The van der Waals surface area contributed by atoms with Gasteiger partial charge in [0.1, 0.15) is 0 Å². The Morgan fingerprint density at radius 1 is 1.24 bits per heavy atom. The van der Waals surface area contributed by atoms with Crippen LogP contribution in [0.2, 0.25) is 0 Å². The average molecular weight is 241 g/mol. The smallest absolute Gasteiger partial charge is 0.307 e. The molecule has 0 aromatic rings. The molecule has 1 amide bonds. The minimum Gasteiger partial charge on any atom is -0.469 e. The Morgan fingerprint density at radius 3 is 2.41 bits per heavy atom. The quantitative estimate of drug-likeness (QED) is 0.669. The van der Waals surface area contributed by atoms with Gasteiger partial charge in [-0.2, -0.15) is 0 Å². The molecule has 0 bridgehead atoms. The van der Waals surface area contributed by atoms with Crippen molar-refractivity contribution < 1.29 is 14.3 Å². The number of ether oxygens (including phenoxy) is 1. The number of carbonyl (C=O) groups excluding carboxylic acids is 2. The fourth-order valence-electron chi connectivity index (χ4n) is 2.40. The van der Waals surface area contributed by atoms with E-state index in [1.165, 1.54) is 20.0 Å². The molecule has 1 saturated carbocycles. The van der Waals surface area contributed by atoms with Crippen LogP contribution in [0.1, 0.15) is 51.9 Å². The molecule has 0 heterocycles. The lowest BCUT2D eigenvalue weighted by atomic mass is 10.1. The van der Waals surface area contributed by atoms with Gasteiger partial charge in [0, 0.05) is 19.0 Å². The molecule has 0 spiro atoms. The Morgan fingerprint density at radius 2 is 1.88 bits per heavy atom. The molecule has 0 aliphatic heterocycles. The van der Waals surface area contributed by atoms with Crippen LogP contribution in [-0.2, 0) is 14.3 Å². The highest BCUT2D eigenvalue weighted by atomic mass is 16.5. The molecule has 1 aliphatic carbocycles. The van der Waals surface area contributed by atoms with Crippen molar-refractivity contribution in [3.63, 3.8) is 0 Å². The Bertz CT molecular complexity index is 259. The maximum Gasteiger partial charge on any atom is 0.307 e. The van der Waals surface area contributed by atoms with Crippen molar-refractivity contribution in [3.05, 3.63) is 0 Å². The maximum absolute atomic E-state index is 12.0. The summed E-state index contributed by atoms with van der Waals surface area (Å²) >= 11 is 0. The number of methoxy groups -OCH3 is 1. The molecule has 1 fully saturated rings. The topological polar surface area (TPSA) is 46.6 Å². The Labute approximate surface area is 103 Å². The van der Waals surface area contributed by atoms with Gasteiger partial charge in [-0.15, -0.1) is 0 Å². The van der Waals surface area contributed by atoms with Gasteiger partial charge in [-0.1, -0.05) is 19.8 Å². The molecule has 1 aliphatic rings. The van der Waals surface area contributed by atoms with E-state index >= 15 is 0 Å². The van der Waals surface area contributed by atoms with Crippen molar-refractivity contribution in [2.45, 2.75) is 57.9 Å². The third kappa shape index (κ3) is 4.36. The number of esters is 1. The molecule has 0 N–H and O–H groups in total. The van der Waals surface area contributed by atoms with Gasteiger partial charge in [0.05, 0.1) is 13.5 Å². The molecule has 0 radical (unpaired) electrons. The third-order valence-electron chi connectivity index (χ3n) is 3.33. The van der Waals surface area contributed by atoms with Crippen molar-refractivity contribution in [3.8, 4) is 0 Å². The fraction of sp³-hybridized carbons (Fsp3) is 0.846. The van der Waals surface area contributed by atoms with Crippen LogP contribution in [0.5, 0.6) is 0 Å². The fourth-order valence-corrected chi connectivity index (χ4v) is 2.40. The number of hydrogen-bond acceptors (Lipinski definition) is 3. The summed E-state index contributed by atoms with van der Waals surface area (Å²) < 4.78 is 4.63. The van der Waals surface area contributed by atoms with Gasteiger partial charge in [0.2, 0.25) is 5.91 Å². The van der Waals surface area contributed by atoms with Gasteiger partial charge in [0.25, 0.3) is 0 Å². The molecule has 0 saturated heterocycles. The zero-order valence-corrected chi connectivity index (χ0v) is 10.9. The zero-order valence-electron chi connectivity index (χ0n) is 10.9. The number of hydrogen-bond donors (Lipinski definition) is 0. The van der Waals surface area contributed by atoms with Crippen molar-refractivity contribution in [1.29, 1.82) is 0 Å². The van der Waals surface area contributed by atoms with Crippen LogP contribution in [0, 0.1) is 0 Å². The predicted molar refractivity (Wildman–Crippen MR) is 65.5 cm³/mol. The Balaban J connectivity index is 2.51. The van der Waals surface area contributed by atoms with E-state index in [9.17, 15) is 9.59 Å². The second kappa shape index (κ2) is 7.30. The molecule has 0 unspecified atom stereocenters. The van der Waals surface area contributed by atoms with Crippen LogP contribution in [0.15, 0.2) is 0 Å². The average Bonchev–Trinajstić information content (AvgIpc) is 2.83. The minimum atomic E-state index is -0.239. The van der Waals surface area contributed by atoms with Gasteiger partial charge >= 0.3 is 5.97 Å². The largest absolute Gasteiger partial charge is 0.469 e. The van der Waals surface area contributed by atoms with Crippen molar-refractivity contribution >= 4 is 11.9 Å². The second-order valence-electron chi connectivity index (χ2n) is 4.60. The van der Waals surface area contributed by atoms with Crippen LogP contribution in [-0.4, -0.2) is 36.5 Å². The van der Waals surface area contributed by atoms with E-state index in [1.807, 2.05) is 11.8 Å². The molecule has 98 valence electrons. The predicted octanol–water partition coefficient (Wildman–Crippen LogP) is 2.12. The first-order chi connectivity index (χ1) is 8.19. The summed E-state index contributed by atoms with van der Waals surface area (Å²) in [5.74, 6) is -0.0550. The van der Waals surface area contributed by atoms with Crippen LogP contribution in [0.4, 0.5) is 0 Å². The molecule has 17 heavy (non-hydrogen) atoms. The standard InChI is InChI=1S/C13H23NO3/c1-3-6-12(15)14(10-9-13(16)17-2)11-7-4-5-8-11/h11H,3-10H2,1-2H3. The van der Waals surface area contributed by atoms with Crippen LogP contribution in [0.3, 0.4) is 0 Å². The Hall–Kier alpha value is -1.06. The first kappa shape index (κ1) is 14.0. The molecule has 0 aromatic heterocycles. The first-order valence-corrected chi connectivity index (χ1v) is 6.55.